The van der Waals surface area contributed by atoms with Gasteiger partial charge in [0.25, 0.3) is 5.91 Å². The van der Waals surface area contributed by atoms with Gasteiger partial charge in [-0.1, -0.05) is 0 Å². The number of ether oxygens (including phenoxy) is 1. The quantitative estimate of drug-likeness (QED) is 0.775. The van der Waals surface area contributed by atoms with E-state index in [0.29, 0.717) is 12.2 Å². The second-order valence-corrected chi connectivity index (χ2v) is 5.73. The van der Waals surface area contributed by atoms with Crippen molar-refractivity contribution >= 4 is 11.6 Å². The van der Waals surface area contributed by atoms with Gasteiger partial charge in [-0.05, 0) is 43.7 Å². The topological polar surface area (TPSA) is 69.0 Å². The van der Waals surface area contributed by atoms with E-state index in [2.05, 4.69) is 15.4 Å². The van der Waals surface area contributed by atoms with Gasteiger partial charge in [-0.2, -0.15) is 5.10 Å². The summed E-state index contributed by atoms with van der Waals surface area (Å²) in [4.78, 5) is 16.7. The molecular weight excluding hydrogens is 316 g/mol. The van der Waals surface area contributed by atoms with Crippen molar-refractivity contribution in [2.45, 2.75) is 13.8 Å². The highest BCUT2D eigenvalue weighted by Gasteiger charge is 2.10. The third kappa shape index (κ3) is 3.85. The van der Waals surface area contributed by atoms with Crippen molar-refractivity contribution in [2.24, 2.45) is 7.05 Å². The largest absolute Gasteiger partial charge is 0.494 e. The minimum Gasteiger partial charge on any atom is -0.494 e. The molecule has 0 atom stereocenters. The minimum absolute atomic E-state index is 0.207. The van der Waals surface area contributed by atoms with Gasteiger partial charge >= 0.3 is 0 Å². The highest BCUT2D eigenvalue weighted by atomic mass is 16.5. The lowest BCUT2D eigenvalue weighted by atomic mass is 10.1. The molecular formula is C19H20N4O2. The number of carbonyl (C=O) groups is 1. The molecule has 0 radical (unpaired) electrons. The van der Waals surface area contributed by atoms with E-state index in [1.165, 1.54) is 0 Å². The highest BCUT2D eigenvalue weighted by Crippen LogP contribution is 2.23. The van der Waals surface area contributed by atoms with Crippen molar-refractivity contribution in [2.75, 3.05) is 11.9 Å². The van der Waals surface area contributed by atoms with E-state index in [4.69, 9.17) is 4.74 Å². The van der Waals surface area contributed by atoms with Crippen LogP contribution in [0.5, 0.6) is 5.75 Å². The summed E-state index contributed by atoms with van der Waals surface area (Å²) in [5, 5.41) is 7.04. The molecule has 2 aromatic heterocycles. The summed E-state index contributed by atoms with van der Waals surface area (Å²) in [6.45, 7) is 4.50. The van der Waals surface area contributed by atoms with Crippen LogP contribution in [0.1, 0.15) is 22.8 Å². The molecule has 6 heteroatoms. The van der Waals surface area contributed by atoms with Gasteiger partial charge in [-0.15, -0.1) is 0 Å². The zero-order valence-corrected chi connectivity index (χ0v) is 14.5. The normalized spacial score (nSPS) is 10.5. The zero-order valence-electron chi connectivity index (χ0n) is 14.5. The summed E-state index contributed by atoms with van der Waals surface area (Å²) in [6, 6.07) is 7.38. The molecule has 128 valence electrons. The number of hydrogen-bond donors (Lipinski definition) is 1. The molecule has 2 heterocycles. The Hall–Kier alpha value is -3.15. The van der Waals surface area contributed by atoms with Gasteiger partial charge in [-0.25, -0.2) is 0 Å². The number of anilines is 1. The first-order valence-corrected chi connectivity index (χ1v) is 8.05. The summed E-state index contributed by atoms with van der Waals surface area (Å²) in [6.07, 6.45) is 6.90. The molecule has 0 saturated heterocycles. The Morgan fingerprint density at radius 2 is 2.04 bits per heavy atom. The summed E-state index contributed by atoms with van der Waals surface area (Å²) in [7, 11) is 1.85. The van der Waals surface area contributed by atoms with Gasteiger partial charge in [0.2, 0.25) is 0 Å². The number of nitrogens with one attached hydrogen (secondary N) is 1. The summed E-state index contributed by atoms with van der Waals surface area (Å²) < 4.78 is 7.23. The van der Waals surface area contributed by atoms with Crippen molar-refractivity contribution in [1.82, 2.24) is 14.8 Å². The number of benzene rings is 1. The fourth-order valence-corrected chi connectivity index (χ4v) is 2.54. The molecule has 6 nitrogen and oxygen atoms in total. The number of pyridine rings is 1. The second-order valence-electron chi connectivity index (χ2n) is 5.73. The molecule has 0 bridgehead atoms. The van der Waals surface area contributed by atoms with E-state index in [9.17, 15) is 4.79 Å². The zero-order chi connectivity index (χ0) is 17.8. The molecule has 0 aliphatic heterocycles. The van der Waals surface area contributed by atoms with Gasteiger partial charge in [-0.3, -0.25) is 14.5 Å². The van der Waals surface area contributed by atoms with E-state index in [0.717, 1.165) is 28.1 Å². The number of carbonyl (C=O) groups excluding carboxylic acids is 1. The Bertz CT molecular complexity index is 902. The molecule has 3 rings (SSSR count). The van der Waals surface area contributed by atoms with Crippen molar-refractivity contribution < 1.29 is 9.53 Å². The molecule has 0 unspecified atom stereocenters. The maximum absolute atomic E-state index is 12.5. The highest BCUT2D eigenvalue weighted by molar-refractivity contribution is 6.04. The van der Waals surface area contributed by atoms with Crippen LogP contribution in [0, 0.1) is 6.92 Å². The molecule has 0 spiro atoms. The first-order chi connectivity index (χ1) is 12.1. The van der Waals surface area contributed by atoms with Crippen molar-refractivity contribution in [3.8, 4) is 16.9 Å². The van der Waals surface area contributed by atoms with E-state index < -0.39 is 0 Å². The number of nitrogens with zero attached hydrogens (tertiary/aromatic N) is 3. The number of aryl methyl sites for hydroxylation is 2. The van der Waals surface area contributed by atoms with Crippen molar-refractivity contribution in [3.05, 3.63) is 60.2 Å². The van der Waals surface area contributed by atoms with E-state index in [-0.39, 0.29) is 5.91 Å². The Morgan fingerprint density at radius 1 is 1.20 bits per heavy atom. The molecule has 3 aromatic rings. The summed E-state index contributed by atoms with van der Waals surface area (Å²) in [5.74, 6) is 0.613. The Kier molecular flexibility index (Phi) is 4.79. The van der Waals surface area contributed by atoms with Gasteiger partial charge < -0.3 is 10.1 Å². The first-order valence-electron chi connectivity index (χ1n) is 8.05. The van der Waals surface area contributed by atoms with E-state index >= 15 is 0 Å². The van der Waals surface area contributed by atoms with Gasteiger partial charge in [0.05, 0.1) is 18.4 Å². The SMILES string of the molecule is CCOc1ccc(NC(=O)c2cncc(-c3cnn(C)c3)c2)cc1C. The predicted molar refractivity (Wildman–Crippen MR) is 96.7 cm³/mol. The summed E-state index contributed by atoms with van der Waals surface area (Å²) in [5.41, 5.74) is 3.96. The molecule has 0 saturated carbocycles. The van der Waals surface area contributed by atoms with Crippen LogP contribution in [-0.2, 0) is 7.05 Å². The Morgan fingerprint density at radius 3 is 2.72 bits per heavy atom. The molecule has 1 aromatic carbocycles. The number of hydrogen-bond acceptors (Lipinski definition) is 4. The third-order valence-corrected chi connectivity index (χ3v) is 3.77. The monoisotopic (exact) mass is 336 g/mol. The van der Waals surface area contributed by atoms with Gasteiger partial charge in [0.1, 0.15) is 5.75 Å². The van der Waals surface area contributed by atoms with Crippen LogP contribution in [0.2, 0.25) is 0 Å². The summed E-state index contributed by atoms with van der Waals surface area (Å²) >= 11 is 0. The fraction of sp³-hybridized carbons (Fsp3) is 0.211. The van der Waals surface area contributed by atoms with Crippen molar-refractivity contribution in [1.29, 1.82) is 0 Å². The first kappa shape index (κ1) is 16.7. The smallest absolute Gasteiger partial charge is 0.257 e. The minimum atomic E-state index is -0.207. The van der Waals surface area contributed by atoms with Crippen LogP contribution >= 0.6 is 0 Å². The van der Waals surface area contributed by atoms with Gasteiger partial charge in [0.15, 0.2) is 0 Å². The van der Waals surface area contributed by atoms with Crippen LogP contribution in [0.4, 0.5) is 5.69 Å². The lowest BCUT2D eigenvalue weighted by molar-refractivity contribution is 0.102. The number of rotatable bonds is 5. The predicted octanol–water partition coefficient (Wildman–Crippen LogP) is 3.44. The van der Waals surface area contributed by atoms with Crippen LogP contribution < -0.4 is 10.1 Å². The molecule has 1 amide bonds. The lowest BCUT2D eigenvalue weighted by Gasteiger charge is -2.10. The van der Waals surface area contributed by atoms with Crippen LogP contribution in [0.25, 0.3) is 11.1 Å². The molecule has 0 aliphatic carbocycles. The number of aromatic nitrogens is 3. The molecule has 1 N–H and O–H groups in total. The molecule has 25 heavy (non-hydrogen) atoms. The van der Waals surface area contributed by atoms with Crippen LogP contribution in [0.15, 0.2) is 49.1 Å². The van der Waals surface area contributed by atoms with E-state index in [1.807, 2.05) is 45.3 Å². The maximum atomic E-state index is 12.5. The standard InChI is InChI=1S/C19H20N4O2/c1-4-25-18-6-5-17(7-13(18)2)22-19(24)15-8-14(9-20-10-15)16-11-21-23(3)12-16/h5-12H,4H2,1-3H3,(H,22,24). The average Bonchev–Trinajstić information content (AvgIpc) is 3.04. The fourth-order valence-electron chi connectivity index (χ4n) is 2.54. The van der Waals surface area contributed by atoms with Gasteiger partial charge in [0, 0.05) is 42.5 Å². The lowest BCUT2D eigenvalue weighted by Crippen LogP contribution is -2.12. The van der Waals surface area contributed by atoms with Crippen molar-refractivity contribution in [3.63, 3.8) is 0 Å². The molecule has 0 aliphatic rings. The molecule has 0 fully saturated rings. The second kappa shape index (κ2) is 7.17. The number of amides is 1. The Labute approximate surface area is 146 Å². The van der Waals surface area contributed by atoms with Crippen LogP contribution in [0.3, 0.4) is 0 Å². The average molecular weight is 336 g/mol. The maximum Gasteiger partial charge on any atom is 0.257 e. The third-order valence-electron chi connectivity index (χ3n) is 3.77. The van der Waals surface area contributed by atoms with E-state index in [1.54, 1.807) is 29.3 Å². The van der Waals surface area contributed by atoms with Crippen LogP contribution in [-0.4, -0.2) is 27.3 Å². The Balaban J connectivity index is 1.78.